The average Bonchev–Trinajstić information content (AvgIpc) is 2.60. The Hall–Kier alpha value is -2.96. The van der Waals surface area contributed by atoms with Gasteiger partial charge in [0.2, 0.25) is 0 Å². The van der Waals surface area contributed by atoms with E-state index in [9.17, 15) is 26.3 Å². The summed E-state index contributed by atoms with van der Waals surface area (Å²) in [5.74, 6) is 0. The number of hydrogen-bond acceptors (Lipinski definition) is 1. The smallest absolute Gasteiger partial charge is 0.399 e. The summed E-state index contributed by atoms with van der Waals surface area (Å²) in [5, 5.41) is 0. The van der Waals surface area contributed by atoms with E-state index in [0.717, 1.165) is 12.1 Å². The lowest BCUT2D eigenvalue weighted by atomic mass is 9.93. The minimum atomic E-state index is -4.61. The Bertz CT molecular complexity index is 897. The first-order valence-electron chi connectivity index (χ1n) is 7.81. The minimum Gasteiger partial charge on any atom is -0.399 e. The molecule has 140 valence electrons. The molecule has 3 aromatic carbocycles. The lowest BCUT2D eigenvalue weighted by Crippen LogP contribution is -2.08. The summed E-state index contributed by atoms with van der Waals surface area (Å²) >= 11 is 0. The van der Waals surface area contributed by atoms with Crippen LogP contribution in [0.25, 0.3) is 22.3 Å². The van der Waals surface area contributed by atoms with E-state index < -0.39 is 23.5 Å². The van der Waals surface area contributed by atoms with Gasteiger partial charge in [-0.2, -0.15) is 26.3 Å². The maximum atomic E-state index is 13.3. The molecule has 0 aliphatic heterocycles. The Morgan fingerprint density at radius 1 is 0.556 bits per heavy atom. The quantitative estimate of drug-likeness (QED) is 0.391. The molecule has 2 N–H and O–H groups in total. The standard InChI is InChI=1S/C20H13F6N/c21-19(22,23)17-7-3-1-5-15(17)12-9-13(11-14(27)10-12)16-6-2-4-8-18(16)20(24,25)26/h1-11H,27H2. The average molecular weight is 381 g/mol. The summed E-state index contributed by atoms with van der Waals surface area (Å²) < 4.78 is 79.8. The van der Waals surface area contributed by atoms with Crippen LogP contribution in [-0.2, 0) is 12.4 Å². The number of rotatable bonds is 2. The molecule has 0 atom stereocenters. The SMILES string of the molecule is Nc1cc(-c2ccccc2C(F)(F)F)cc(-c2ccccc2C(F)(F)F)c1. The van der Waals surface area contributed by atoms with Crippen molar-refractivity contribution in [2.45, 2.75) is 12.4 Å². The van der Waals surface area contributed by atoms with Crippen LogP contribution in [0.3, 0.4) is 0 Å². The highest BCUT2D eigenvalue weighted by Gasteiger charge is 2.35. The van der Waals surface area contributed by atoms with Gasteiger partial charge in [-0.15, -0.1) is 0 Å². The fourth-order valence-corrected chi connectivity index (χ4v) is 2.93. The van der Waals surface area contributed by atoms with Crippen LogP contribution in [0.2, 0.25) is 0 Å². The van der Waals surface area contributed by atoms with E-state index in [4.69, 9.17) is 5.73 Å². The van der Waals surface area contributed by atoms with Crippen molar-refractivity contribution in [3.05, 3.63) is 77.9 Å². The van der Waals surface area contributed by atoms with E-state index in [0.29, 0.717) is 0 Å². The molecular weight excluding hydrogens is 368 g/mol. The largest absolute Gasteiger partial charge is 0.417 e. The van der Waals surface area contributed by atoms with E-state index in [1.165, 1.54) is 54.6 Å². The third kappa shape index (κ3) is 3.92. The third-order valence-corrected chi connectivity index (χ3v) is 4.04. The van der Waals surface area contributed by atoms with E-state index in [1.54, 1.807) is 0 Å². The number of benzene rings is 3. The molecule has 0 heterocycles. The molecule has 3 rings (SSSR count). The van der Waals surface area contributed by atoms with Crippen molar-refractivity contribution in [3.8, 4) is 22.3 Å². The minimum absolute atomic E-state index is 0.0662. The second kappa shape index (κ2) is 6.64. The van der Waals surface area contributed by atoms with Gasteiger partial charge in [0.1, 0.15) is 0 Å². The zero-order valence-electron chi connectivity index (χ0n) is 13.7. The van der Waals surface area contributed by atoms with Crippen LogP contribution in [0, 0.1) is 0 Å². The molecule has 0 spiro atoms. The zero-order chi connectivity index (χ0) is 19.8. The summed E-state index contributed by atoms with van der Waals surface area (Å²) in [4.78, 5) is 0. The van der Waals surface area contributed by atoms with Crippen molar-refractivity contribution in [2.24, 2.45) is 0 Å². The van der Waals surface area contributed by atoms with Gasteiger partial charge in [0.05, 0.1) is 11.1 Å². The van der Waals surface area contributed by atoms with Crippen molar-refractivity contribution in [1.29, 1.82) is 0 Å². The van der Waals surface area contributed by atoms with Crippen LogP contribution >= 0.6 is 0 Å². The van der Waals surface area contributed by atoms with Crippen LogP contribution in [0.15, 0.2) is 66.7 Å². The summed E-state index contributed by atoms with van der Waals surface area (Å²) in [6.07, 6.45) is -9.21. The van der Waals surface area contributed by atoms with Crippen LogP contribution < -0.4 is 5.73 Å². The third-order valence-electron chi connectivity index (χ3n) is 4.04. The lowest BCUT2D eigenvalue weighted by molar-refractivity contribution is -0.137. The van der Waals surface area contributed by atoms with Gasteiger partial charge >= 0.3 is 12.4 Å². The topological polar surface area (TPSA) is 26.0 Å². The highest BCUT2D eigenvalue weighted by atomic mass is 19.4. The van der Waals surface area contributed by atoms with Crippen LogP contribution in [0.4, 0.5) is 32.0 Å². The molecule has 27 heavy (non-hydrogen) atoms. The Labute approximate surface area is 151 Å². The molecule has 0 saturated carbocycles. The molecule has 0 unspecified atom stereocenters. The summed E-state index contributed by atoms with van der Waals surface area (Å²) in [5.41, 5.74) is 3.97. The van der Waals surface area contributed by atoms with Crippen LogP contribution in [0.5, 0.6) is 0 Å². The Morgan fingerprint density at radius 2 is 0.926 bits per heavy atom. The molecule has 0 fully saturated rings. The number of hydrogen-bond donors (Lipinski definition) is 1. The lowest BCUT2D eigenvalue weighted by Gasteiger charge is -2.16. The van der Waals surface area contributed by atoms with Crippen molar-refractivity contribution in [2.75, 3.05) is 5.73 Å². The number of nitrogen functional groups attached to an aromatic ring is 1. The molecule has 0 amide bonds. The van der Waals surface area contributed by atoms with Gasteiger partial charge in [0, 0.05) is 5.69 Å². The van der Waals surface area contributed by atoms with Gasteiger partial charge in [-0.3, -0.25) is 0 Å². The molecule has 7 heteroatoms. The van der Waals surface area contributed by atoms with E-state index >= 15 is 0 Å². The maximum absolute atomic E-state index is 13.3. The predicted molar refractivity (Wildman–Crippen MR) is 91.7 cm³/mol. The fourth-order valence-electron chi connectivity index (χ4n) is 2.93. The summed E-state index contributed by atoms with van der Waals surface area (Å²) in [6, 6.07) is 13.6. The van der Waals surface area contributed by atoms with Gasteiger partial charge in [0.15, 0.2) is 0 Å². The highest BCUT2D eigenvalue weighted by molar-refractivity contribution is 5.80. The van der Waals surface area contributed by atoms with E-state index in [-0.39, 0.29) is 27.9 Å². The Morgan fingerprint density at radius 3 is 1.30 bits per heavy atom. The van der Waals surface area contributed by atoms with Crippen LogP contribution in [-0.4, -0.2) is 0 Å². The molecule has 1 nitrogen and oxygen atoms in total. The molecule has 0 bridgehead atoms. The van der Waals surface area contributed by atoms with Gasteiger partial charge in [-0.05, 0) is 52.6 Å². The number of alkyl halides is 6. The Kier molecular flexibility index (Phi) is 4.63. The van der Waals surface area contributed by atoms with Gasteiger partial charge in [-0.1, -0.05) is 36.4 Å². The molecule has 0 saturated heterocycles. The van der Waals surface area contributed by atoms with Gasteiger partial charge < -0.3 is 5.73 Å². The first-order chi connectivity index (χ1) is 12.6. The summed E-state index contributed by atoms with van der Waals surface area (Å²) in [7, 11) is 0. The van der Waals surface area contributed by atoms with Gasteiger partial charge in [0.25, 0.3) is 0 Å². The molecule has 0 aliphatic carbocycles. The van der Waals surface area contributed by atoms with E-state index in [1.807, 2.05) is 0 Å². The molecule has 0 radical (unpaired) electrons. The number of nitrogens with two attached hydrogens (primary N) is 1. The second-order valence-electron chi connectivity index (χ2n) is 5.93. The predicted octanol–water partition coefficient (Wildman–Crippen LogP) is 6.64. The van der Waals surface area contributed by atoms with Crippen molar-refractivity contribution in [3.63, 3.8) is 0 Å². The first-order valence-corrected chi connectivity index (χ1v) is 7.81. The number of halogens is 6. The first kappa shape index (κ1) is 18.8. The van der Waals surface area contributed by atoms with Crippen LogP contribution in [0.1, 0.15) is 11.1 Å². The van der Waals surface area contributed by atoms with E-state index in [2.05, 4.69) is 0 Å². The second-order valence-corrected chi connectivity index (χ2v) is 5.93. The highest BCUT2D eigenvalue weighted by Crippen LogP contribution is 2.41. The van der Waals surface area contributed by atoms with Crippen molar-refractivity contribution in [1.82, 2.24) is 0 Å². The molecule has 3 aromatic rings. The van der Waals surface area contributed by atoms with Crippen molar-refractivity contribution < 1.29 is 26.3 Å². The Balaban J connectivity index is 2.23. The maximum Gasteiger partial charge on any atom is 0.417 e. The molecule has 0 aromatic heterocycles. The fraction of sp³-hybridized carbons (Fsp3) is 0.100. The normalized spacial score (nSPS) is 12.2. The molecule has 0 aliphatic rings. The monoisotopic (exact) mass is 381 g/mol. The molecular formula is C20H13F6N. The number of anilines is 1. The van der Waals surface area contributed by atoms with Gasteiger partial charge in [-0.25, -0.2) is 0 Å². The van der Waals surface area contributed by atoms with Crippen molar-refractivity contribution >= 4 is 5.69 Å². The zero-order valence-corrected chi connectivity index (χ0v) is 13.7. The summed E-state index contributed by atoms with van der Waals surface area (Å²) in [6.45, 7) is 0.